The predicted molar refractivity (Wildman–Crippen MR) is 89.6 cm³/mol. The van der Waals surface area contributed by atoms with E-state index in [1.807, 2.05) is 24.3 Å². The van der Waals surface area contributed by atoms with E-state index in [1.54, 1.807) is 0 Å². The fourth-order valence-corrected chi connectivity index (χ4v) is 3.06. The lowest BCUT2D eigenvalue weighted by Gasteiger charge is -2.38. The van der Waals surface area contributed by atoms with Crippen LogP contribution in [0.5, 0.6) is 5.75 Å². The zero-order chi connectivity index (χ0) is 15.3. The van der Waals surface area contributed by atoms with Gasteiger partial charge in [-0.1, -0.05) is 20.8 Å². The topological polar surface area (TPSA) is 38.5 Å². The maximum absolute atomic E-state index is 5.75. The number of benzene rings is 1. The van der Waals surface area contributed by atoms with Crippen LogP contribution in [0.1, 0.15) is 40.0 Å². The average molecular weight is 290 g/mol. The van der Waals surface area contributed by atoms with E-state index in [0.717, 1.165) is 36.9 Å². The first kappa shape index (κ1) is 16.2. The van der Waals surface area contributed by atoms with Crippen LogP contribution in [-0.2, 0) is 0 Å². The second kappa shape index (κ2) is 7.17. The Kier molecular flexibility index (Phi) is 5.51. The molecule has 0 amide bonds. The number of ether oxygens (including phenoxy) is 1. The van der Waals surface area contributed by atoms with E-state index < -0.39 is 0 Å². The molecular formula is C18H30N2O. The van der Waals surface area contributed by atoms with E-state index in [4.69, 9.17) is 10.5 Å². The number of piperidine rings is 1. The molecule has 0 radical (unpaired) electrons. The van der Waals surface area contributed by atoms with Crippen molar-refractivity contribution >= 4 is 5.69 Å². The van der Waals surface area contributed by atoms with Crippen LogP contribution in [0.15, 0.2) is 24.3 Å². The molecule has 2 N–H and O–H groups in total. The molecule has 21 heavy (non-hydrogen) atoms. The molecule has 3 heteroatoms. The van der Waals surface area contributed by atoms with Crippen LogP contribution in [0, 0.1) is 11.3 Å². The van der Waals surface area contributed by atoms with Crippen molar-refractivity contribution in [1.29, 1.82) is 0 Å². The van der Waals surface area contributed by atoms with Gasteiger partial charge in [-0.25, -0.2) is 0 Å². The number of rotatable bonds is 5. The van der Waals surface area contributed by atoms with Crippen LogP contribution in [0.2, 0.25) is 0 Å². The molecule has 2 rings (SSSR count). The SMILES string of the molecule is CC(C)(C)C1CCN(CCCOc2ccc(N)cc2)CC1. The van der Waals surface area contributed by atoms with Gasteiger partial charge in [0.1, 0.15) is 5.75 Å². The van der Waals surface area contributed by atoms with Gasteiger partial charge in [-0.15, -0.1) is 0 Å². The second-order valence-electron chi connectivity index (χ2n) is 7.25. The zero-order valence-corrected chi connectivity index (χ0v) is 13.8. The Hall–Kier alpha value is -1.22. The van der Waals surface area contributed by atoms with Crippen molar-refractivity contribution in [3.63, 3.8) is 0 Å². The standard InChI is InChI=1S/C18H30N2O/c1-18(2,3)15-9-12-20(13-10-15)11-4-14-21-17-7-5-16(19)6-8-17/h5-8,15H,4,9-14,19H2,1-3H3. The summed E-state index contributed by atoms with van der Waals surface area (Å²) in [4.78, 5) is 2.58. The fraction of sp³-hybridized carbons (Fsp3) is 0.667. The van der Waals surface area contributed by atoms with Crippen LogP contribution in [0.4, 0.5) is 5.69 Å². The minimum atomic E-state index is 0.463. The number of likely N-dealkylation sites (tertiary alicyclic amines) is 1. The molecular weight excluding hydrogens is 260 g/mol. The number of nitrogen functional groups attached to an aromatic ring is 1. The highest BCUT2D eigenvalue weighted by Crippen LogP contribution is 2.34. The molecule has 0 unspecified atom stereocenters. The highest BCUT2D eigenvalue weighted by Gasteiger charge is 2.28. The lowest BCUT2D eigenvalue weighted by Crippen LogP contribution is -2.38. The van der Waals surface area contributed by atoms with E-state index in [2.05, 4.69) is 25.7 Å². The minimum absolute atomic E-state index is 0.463. The van der Waals surface area contributed by atoms with Gasteiger partial charge >= 0.3 is 0 Å². The third-order valence-electron chi connectivity index (χ3n) is 4.58. The molecule has 1 heterocycles. The first-order valence-electron chi connectivity index (χ1n) is 8.16. The van der Waals surface area contributed by atoms with Crippen molar-refractivity contribution in [2.24, 2.45) is 11.3 Å². The van der Waals surface area contributed by atoms with Crippen molar-refractivity contribution in [2.45, 2.75) is 40.0 Å². The van der Waals surface area contributed by atoms with Crippen LogP contribution >= 0.6 is 0 Å². The highest BCUT2D eigenvalue weighted by molar-refractivity contribution is 5.41. The van der Waals surface area contributed by atoms with Gasteiger partial charge in [0.15, 0.2) is 0 Å². The Bertz CT molecular complexity index is 414. The van der Waals surface area contributed by atoms with Crippen molar-refractivity contribution < 1.29 is 4.74 Å². The maximum atomic E-state index is 5.75. The summed E-state index contributed by atoms with van der Waals surface area (Å²) >= 11 is 0. The lowest BCUT2D eigenvalue weighted by atomic mass is 9.75. The van der Waals surface area contributed by atoms with Gasteiger partial charge < -0.3 is 15.4 Å². The van der Waals surface area contributed by atoms with Gasteiger partial charge in [-0.05, 0) is 68.0 Å². The molecule has 1 aromatic rings. The highest BCUT2D eigenvalue weighted by atomic mass is 16.5. The zero-order valence-electron chi connectivity index (χ0n) is 13.8. The monoisotopic (exact) mass is 290 g/mol. The van der Waals surface area contributed by atoms with Gasteiger partial charge in [-0.3, -0.25) is 0 Å². The molecule has 0 saturated carbocycles. The summed E-state index contributed by atoms with van der Waals surface area (Å²) in [5.41, 5.74) is 6.90. The molecule has 0 aromatic heterocycles. The van der Waals surface area contributed by atoms with Crippen molar-refractivity contribution in [3.8, 4) is 5.75 Å². The Morgan fingerprint density at radius 2 is 1.76 bits per heavy atom. The van der Waals surface area contributed by atoms with Gasteiger partial charge in [0.2, 0.25) is 0 Å². The molecule has 1 aliphatic rings. The normalized spacial score (nSPS) is 17.9. The summed E-state index contributed by atoms with van der Waals surface area (Å²) in [6.07, 6.45) is 3.76. The van der Waals surface area contributed by atoms with E-state index in [9.17, 15) is 0 Å². The first-order valence-corrected chi connectivity index (χ1v) is 8.16. The molecule has 1 saturated heterocycles. The molecule has 1 aliphatic heterocycles. The molecule has 0 spiro atoms. The van der Waals surface area contributed by atoms with Crippen LogP contribution < -0.4 is 10.5 Å². The minimum Gasteiger partial charge on any atom is -0.494 e. The third kappa shape index (κ3) is 5.24. The summed E-state index contributed by atoms with van der Waals surface area (Å²) in [7, 11) is 0. The van der Waals surface area contributed by atoms with E-state index in [0.29, 0.717) is 5.41 Å². The van der Waals surface area contributed by atoms with Gasteiger partial charge in [-0.2, -0.15) is 0 Å². The Balaban J connectivity index is 1.61. The number of nitrogens with two attached hydrogens (primary N) is 1. The van der Waals surface area contributed by atoms with Crippen LogP contribution in [-0.4, -0.2) is 31.1 Å². The number of hydrogen-bond donors (Lipinski definition) is 1. The molecule has 0 atom stereocenters. The van der Waals surface area contributed by atoms with Gasteiger partial charge in [0.25, 0.3) is 0 Å². The second-order valence-corrected chi connectivity index (χ2v) is 7.25. The molecule has 1 aromatic carbocycles. The first-order chi connectivity index (χ1) is 9.95. The largest absolute Gasteiger partial charge is 0.494 e. The van der Waals surface area contributed by atoms with Gasteiger partial charge in [0, 0.05) is 12.2 Å². The quantitative estimate of drug-likeness (QED) is 0.662. The molecule has 1 fully saturated rings. The van der Waals surface area contributed by atoms with Gasteiger partial charge in [0.05, 0.1) is 6.61 Å². The summed E-state index contributed by atoms with van der Waals surface area (Å²) in [5, 5.41) is 0. The third-order valence-corrected chi connectivity index (χ3v) is 4.58. The maximum Gasteiger partial charge on any atom is 0.119 e. The molecule has 0 aliphatic carbocycles. The summed E-state index contributed by atoms with van der Waals surface area (Å²) in [5.74, 6) is 1.79. The average Bonchev–Trinajstić information content (AvgIpc) is 2.45. The predicted octanol–water partition coefficient (Wildman–Crippen LogP) is 3.80. The summed E-state index contributed by atoms with van der Waals surface area (Å²) < 4.78 is 5.75. The summed E-state index contributed by atoms with van der Waals surface area (Å²) in [6, 6.07) is 7.63. The Labute approximate surface area is 129 Å². The Morgan fingerprint density at radius 3 is 2.33 bits per heavy atom. The van der Waals surface area contributed by atoms with Crippen molar-refractivity contribution in [2.75, 3.05) is 32.0 Å². The van der Waals surface area contributed by atoms with E-state index in [1.165, 1.54) is 25.9 Å². The van der Waals surface area contributed by atoms with E-state index >= 15 is 0 Å². The van der Waals surface area contributed by atoms with Crippen LogP contribution in [0.25, 0.3) is 0 Å². The number of hydrogen-bond acceptors (Lipinski definition) is 3. The smallest absolute Gasteiger partial charge is 0.119 e. The van der Waals surface area contributed by atoms with Crippen LogP contribution in [0.3, 0.4) is 0 Å². The Morgan fingerprint density at radius 1 is 1.14 bits per heavy atom. The lowest BCUT2D eigenvalue weighted by molar-refractivity contribution is 0.108. The number of nitrogens with zero attached hydrogens (tertiary/aromatic N) is 1. The van der Waals surface area contributed by atoms with Crippen molar-refractivity contribution in [3.05, 3.63) is 24.3 Å². The fourth-order valence-electron chi connectivity index (χ4n) is 3.06. The van der Waals surface area contributed by atoms with Crippen molar-refractivity contribution in [1.82, 2.24) is 4.90 Å². The molecule has 0 bridgehead atoms. The molecule has 3 nitrogen and oxygen atoms in total. The number of anilines is 1. The summed E-state index contributed by atoms with van der Waals surface area (Å²) in [6.45, 7) is 11.5. The van der Waals surface area contributed by atoms with E-state index in [-0.39, 0.29) is 0 Å². The molecule has 118 valence electrons.